The van der Waals surface area contributed by atoms with Gasteiger partial charge in [-0.25, -0.2) is 0 Å². The lowest BCUT2D eigenvalue weighted by Crippen LogP contribution is -2.56. The largest absolute Gasteiger partial charge is 0.390 e. The summed E-state index contributed by atoms with van der Waals surface area (Å²) in [5.41, 5.74) is 0. The van der Waals surface area contributed by atoms with Crippen LogP contribution < -0.4 is 0 Å². The molecule has 0 aromatic heterocycles. The van der Waals surface area contributed by atoms with Crippen LogP contribution in [-0.4, -0.2) is 88.4 Å². The van der Waals surface area contributed by atoms with Gasteiger partial charge in [-0.1, -0.05) is 103 Å². The van der Waals surface area contributed by atoms with E-state index in [0.717, 1.165) is 12.8 Å². The Morgan fingerprint density at radius 3 is 1.72 bits per heavy atom. The lowest BCUT2D eigenvalue weighted by Gasteiger charge is -2.38. The van der Waals surface area contributed by atoms with E-state index in [2.05, 4.69) is 6.92 Å². The van der Waals surface area contributed by atoms with E-state index in [1.807, 2.05) is 0 Å². The molecule has 1 aliphatic carbocycles. The van der Waals surface area contributed by atoms with Crippen molar-refractivity contribution in [2.45, 2.75) is 159 Å². The predicted octanol–water partition coefficient (Wildman–Crippen LogP) is 5.09. The molecule has 9 nitrogen and oxygen atoms in total. The van der Waals surface area contributed by atoms with E-state index in [-0.39, 0.29) is 25.1 Å². The van der Waals surface area contributed by atoms with E-state index in [4.69, 9.17) is 14.0 Å². The van der Waals surface area contributed by atoms with Crippen LogP contribution in [0.5, 0.6) is 0 Å². The van der Waals surface area contributed by atoms with Crippen molar-refractivity contribution in [1.82, 2.24) is 0 Å². The molecule has 1 rings (SSSR count). The Balaban J connectivity index is 2.00. The Bertz CT molecular complexity index is 624. The molecule has 7 atom stereocenters. The third-order valence-electron chi connectivity index (χ3n) is 7.74. The Morgan fingerprint density at radius 2 is 1.23 bits per heavy atom. The third-order valence-corrected chi connectivity index (χ3v) is 9.14. The van der Waals surface area contributed by atoms with Crippen LogP contribution in [0.15, 0.2) is 0 Å². The average molecular weight is 583 g/mol. The van der Waals surface area contributed by atoms with Crippen LogP contribution in [0.3, 0.4) is 0 Å². The maximum absolute atomic E-state index is 12.5. The van der Waals surface area contributed by atoms with Gasteiger partial charge in [-0.05, 0) is 12.8 Å². The van der Waals surface area contributed by atoms with Gasteiger partial charge >= 0.3 is 7.60 Å². The normalized spacial score (nSPS) is 26.0. The maximum atomic E-state index is 12.5. The van der Waals surface area contributed by atoms with Crippen molar-refractivity contribution in [1.29, 1.82) is 0 Å². The zero-order valence-electron chi connectivity index (χ0n) is 24.6. The number of aliphatic hydroxyl groups excluding tert-OH is 4. The summed E-state index contributed by atoms with van der Waals surface area (Å²) in [5.74, 6) is 0. The molecule has 39 heavy (non-hydrogen) atoms. The van der Waals surface area contributed by atoms with E-state index < -0.39 is 38.1 Å². The molecular formula is C29H59O9P. The second-order valence-corrected chi connectivity index (χ2v) is 13.2. The quantitative estimate of drug-likeness (QED) is 0.0734. The average Bonchev–Trinajstić information content (AvgIpc) is 2.91. The summed E-state index contributed by atoms with van der Waals surface area (Å²) < 4.78 is 28.7. The summed E-state index contributed by atoms with van der Waals surface area (Å²) in [6.45, 7) is 3.18. The topological polar surface area (TPSA) is 146 Å². The van der Waals surface area contributed by atoms with Crippen molar-refractivity contribution in [2.24, 2.45) is 0 Å². The molecule has 0 aromatic carbocycles. The van der Waals surface area contributed by atoms with Crippen molar-refractivity contribution < 1.29 is 43.9 Å². The first-order valence-corrected chi connectivity index (χ1v) is 17.3. The molecule has 10 heteroatoms. The zero-order valence-corrected chi connectivity index (χ0v) is 25.5. The van der Waals surface area contributed by atoms with Crippen molar-refractivity contribution in [3.05, 3.63) is 0 Å². The SMILES string of the molecule is CCCCCCCCCCCCCCCCCCOC[C@H](CCP(=O)(O)O[C@H]1[C@@H](O)[C@@H](O)[C@H](O)C[C@H]1O)OC. The van der Waals surface area contributed by atoms with Crippen LogP contribution in [0.25, 0.3) is 0 Å². The van der Waals surface area contributed by atoms with Gasteiger partial charge < -0.3 is 34.8 Å². The van der Waals surface area contributed by atoms with Crippen LogP contribution in [0.2, 0.25) is 0 Å². The highest BCUT2D eigenvalue weighted by Gasteiger charge is 2.45. The first kappa shape index (κ1) is 36.9. The fraction of sp³-hybridized carbons (Fsp3) is 1.00. The second kappa shape index (κ2) is 22.5. The molecule has 0 heterocycles. The van der Waals surface area contributed by atoms with Gasteiger partial charge in [-0.2, -0.15) is 0 Å². The van der Waals surface area contributed by atoms with E-state index in [1.54, 1.807) is 0 Å². The maximum Gasteiger partial charge on any atom is 0.328 e. The van der Waals surface area contributed by atoms with E-state index >= 15 is 0 Å². The molecule has 1 unspecified atom stereocenters. The highest BCUT2D eigenvalue weighted by atomic mass is 31.2. The highest BCUT2D eigenvalue weighted by molar-refractivity contribution is 7.52. The Kier molecular flexibility index (Phi) is 21.3. The third kappa shape index (κ3) is 17.5. The van der Waals surface area contributed by atoms with Gasteiger partial charge in [0.05, 0.1) is 31.1 Å². The predicted molar refractivity (Wildman–Crippen MR) is 154 cm³/mol. The molecule has 1 saturated carbocycles. The zero-order chi connectivity index (χ0) is 28.9. The summed E-state index contributed by atoms with van der Waals surface area (Å²) in [5, 5.41) is 39.4. The van der Waals surface area contributed by atoms with Crippen molar-refractivity contribution in [2.75, 3.05) is 26.5 Å². The van der Waals surface area contributed by atoms with Gasteiger partial charge in [-0.15, -0.1) is 0 Å². The number of methoxy groups -OCH3 is 1. The fourth-order valence-electron chi connectivity index (χ4n) is 5.09. The smallest absolute Gasteiger partial charge is 0.328 e. The number of ether oxygens (including phenoxy) is 2. The first-order valence-electron chi connectivity index (χ1n) is 15.5. The van der Waals surface area contributed by atoms with Gasteiger partial charge in [0.2, 0.25) is 0 Å². The van der Waals surface area contributed by atoms with Gasteiger partial charge in [0.25, 0.3) is 0 Å². The molecule has 5 N–H and O–H groups in total. The minimum atomic E-state index is -4.18. The lowest BCUT2D eigenvalue weighted by molar-refractivity contribution is -0.170. The van der Waals surface area contributed by atoms with Gasteiger partial charge in [0.1, 0.15) is 18.3 Å². The highest BCUT2D eigenvalue weighted by Crippen LogP contribution is 2.46. The summed E-state index contributed by atoms with van der Waals surface area (Å²) in [6, 6.07) is 0. The van der Waals surface area contributed by atoms with Crippen LogP contribution in [-0.2, 0) is 18.6 Å². The molecule has 1 aliphatic rings. The minimum Gasteiger partial charge on any atom is -0.390 e. The van der Waals surface area contributed by atoms with E-state index in [0.29, 0.717) is 13.2 Å². The first-order chi connectivity index (χ1) is 18.7. The van der Waals surface area contributed by atoms with E-state index in [1.165, 1.54) is 97.0 Å². The summed E-state index contributed by atoms with van der Waals surface area (Å²) >= 11 is 0. The Hall–Kier alpha value is -0.0900. The summed E-state index contributed by atoms with van der Waals surface area (Å²) in [4.78, 5) is 10.2. The molecule has 0 spiro atoms. The molecule has 234 valence electrons. The standard InChI is InChI=1S/C29H59O9P/c1-3-4-5-6-7-8-9-10-11-12-13-14-15-16-17-18-20-37-23-24(36-2)19-21-39(34,35)38-29-26(31)22-25(30)27(32)28(29)33/h24-33H,3-23H2,1-2H3,(H,34,35)/t24-,25+,26+,27-,28-,29+/m0/s1. The summed E-state index contributed by atoms with van der Waals surface area (Å²) in [6.07, 6.45) is 13.0. The second-order valence-electron chi connectivity index (χ2n) is 11.3. The fourth-order valence-corrected chi connectivity index (χ4v) is 6.45. The molecular weight excluding hydrogens is 523 g/mol. The van der Waals surface area contributed by atoms with Crippen molar-refractivity contribution in [3.63, 3.8) is 0 Å². The molecule has 0 radical (unpaired) electrons. The molecule has 0 saturated heterocycles. The number of hydrogen-bond acceptors (Lipinski definition) is 8. The van der Waals surface area contributed by atoms with Crippen molar-refractivity contribution in [3.8, 4) is 0 Å². The van der Waals surface area contributed by atoms with Crippen LogP contribution in [0, 0.1) is 0 Å². The Labute approximate surface area is 237 Å². The number of aliphatic hydroxyl groups is 4. The molecule has 0 aliphatic heterocycles. The number of rotatable bonds is 25. The van der Waals surface area contributed by atoms with Gasteiger partial charge in [0.15, 0.2) is 0 Å². The number of unbranched alkanes of at least 4 members (excludes halogenated alkanes) is 15. The minimum absolute atomic E-state index is 0.202. The van der Waals surface area contributed by atoms with Gasteiger partial charge in [0, 0.05) is 20.1 Å². The van der Waals surface area contributed by atoms with Crippen LogP contribution in [0.1, 0.15) is 122 Å². The Morgan fingerprint density at radius 1 is 0.744 bits per heavy atom. The van der Waals surface area contributed by atoms with Crippen LogP contribution in [0.4, 0.5) is 0 Å². The van der Waals surface area contributed by atoms with E-state index in [9.17, 15) is 29.9 Å². The summed E-state index contributed by atoms with van der Waals surface area (Å²) in [7, 11) is -2.66. The van der Waals surface area contributed by atoms with Gasteiger partial charge in [-0.3, -0.25) is 9.09 Å². The lowest BCUT2D eigenvalue weighted by atomic mass is 9.87. The number of hydrogen-bond donors (Lipinski definition) is 5. The monoisotopic (exact) mass is 582 g/mol. The molecule has 0 bridgehead atoms. The van der Waals surface area contributed by atoms with Crippen LogP contribution >= 0.6 is 7.60 Å². The molecule has 0 aromatic rings. The molecule has 0 amide bonds. The van der Waals surface area contributed by atoms with Crippen molar-refractivity contribution >= 4 is 7.60 Å². The molecule has 1 fully saturated rings.